The lowest BCUT2D eigenvalue weighted by molar-refractivity contribution is 1.16. The molecule has 2 heteroatoms. The van der Waals surface area contributed by atoms with E-state index in [1.54, 1.807) is 11.9 Å². The fourth-order valence-electron chi connectivity index (χ4n) is 0.383. The second-order valence-corrected chi connectivity index (χ2v) is 2.40. The van der Waals surface area contributed by atoms with Gasteiger partial charge in [-0.25, -0.2) is 0 Å². The third-order valence-corrected chi connectivity index (χ3v) is 1.51. The van der Waals surface area contributed by atoms with Crippen molar-refractivity contribution in [2.75, 3.05) is 6.54 Å². The van der Waals surface area contributed by atoms with Crippen LogP contribution < -0.4 is 4.72 Å². The first-order chi connectivity index (χ1) is 4.89. The fraction of sp³-hybridized carbons (Fsp3) is 0.750. The van der Waals surface area contributed by atoms with Gasteiger partial charge in [-0.15, -0.1) is 0 Å². The zero-order chi connectivity index (χ0) is 8.41. The highest BCUT2D eigenvalue weighted by molar-refractivity contribution is 8.01. The molecule has 1 N–H and O–H groups in total. The van der Waals surface area contributed by atoms with Gasteiger partial charge in [0.15, 0.2) is 0 Å². The van der Waals surface area contributed by atoms with Crippen LogP contribution in [0.25, 0.3) is 0 Å². The molecular weight excluding hydrogens is 142 g/mol. The molecule has 0 saturated heterocycles. The summed E-state index contributed by atoms with van der Waals surface area (Å²) in [5, 5.41) is 0. The maximum atomic E-state index is 3.10. The molecule has 10 heavy (non-hydrogen) atoms. The largest absolute Gasteiger partial charge is 0.256 e. The van der Waals surface area contributed by atoms with Gasteiger partial charge in [-0.2, -0.15) is 0 Å². The lowest BCUT2D eigenvalue weighted by Gasteiger charge is -1.82. The number of rotatable bonds is 0. The monoisotopic (exact) mass is 161 g/mol. The Bertz CT molecular complexity index is 79.3. The zero-order valence-corrected chi connectivity index (χ0v) is 8.51. The summed E-state index contributed by atoms with van der Waals surface area (Å²) in [6.07, 6.45) is 2.17. The second kappa shape index (κ2) is 11.8. The lowest BCUT2D eigenvalue weighted by atomic mass is 10.5. The highest BCUT2D eigenvalue weighted by Gasteiger charge is 1.94. The van der Waals surface area contributed by atoms with E-state index in [2.05, 4.69) is 17.7 Å². The van der Waals surface area contributed by atoms with Crippen LogP contribution in [0.3, 0.4) is 0 Å². The summed E-state index contributed by atoms with van der Waals surface area (Å²) in [5.74, 6) is 0. The van der Waals surface area contributed by atoms with E-state index in [1.165, 1.54) is 4.91 Å². The predicted molar refractivity (Wildman–Crippen MR) is 52.0 cm³/mol. The van der Waals surface area contributed by atoms with Crippen LogP contribution in [-0.4, -0.2) is 6.54 Å². The number of nitrogens with one attached hydrogen (secondary N) is 1. The average molecular weight is 161 g/mol. The zero-order valence-electron chi connectivity index (χ0n) is 7.69. The van der Waals surface area contributed by atoms with Gasteiger partial charge in [-0.05, 0) is 23.8 Å². The Balaban J connectivity index is 0. The van der Waals surface area contributed by atoms with Gasteiger partial charge in [0.25, 0.3) is 0 Å². The molecule has 0 amide bonds. The van der Waals surface area contributed by atoms with Gasteiger partial charge in [-0.1, -0.05) is 33.8 Å². The Kier molecular flexibility index (Phi) is 15.0. The molecule has 0 fully saturated rings. The Morgan fingerprint density at radius 3 is 1.90 bits per heavy atom. The SMILES string of the molecule is CC.CC.CC1=CCNS1. The third-order valence-electron chi connectivity index (χ3n) is 0.706. The van der Waals surface area contributed by atoms with Crippen LogP contribution in [0.2, 0.25) is 0 Å². The summed E-state index contributed by atoms with van der Waals surface area (Å²) in [6, 6.07) is 0. The highest BCUT2D eigenvalue weighted by Crippen LogP contribution is 2.13. The summed E-state index contributed by atoms with van der Waals surface area (Å²) in [7, 11) is 0. The Hall–Kier alpha value is 0.0500. The highest BCUT2D eigenvalue weighted by atomic mass is 32.2. The topological polar surface area (TPSA) is 12.0 Å². The van der Waals surface area contributed by atoms with Crippen molar-refractivity contribution in [2.45, 2.75) is 34.6 Å². The van der Waals surface area contributed by atoms with E-state index < -0.39 is 0 Å². The van der Waals surface area contributed by atoms with Crippen molar-refractivity contribution in [1.82, 2.24) is 4.72 Å². The van der Waals surface area contributed by atoms with Crippen molar-refractivity contribution in [1.29, 1.82) is 0 Å². The molecular formula is C8H19NS. The van der Waals surface area contributed by atoms with Gasteiger partial charge in [0.2, 0.25) is 0 Å². The first-order valence-corrected chi connectivity index (χ1v) is 4.78. The quantitative estimate of drug-likeness (QED) is 0.548. The maximum Gasteiger partial charge on any atom is 0.0253 e. The van der Waals surface area contributed by atoms with Crippen LogP contribution in [-0.2, 0) is 0 Å². The molecule has 0 aromatic rings. The molecule has 0 atom stereocenters. The Labute approximate surface area is 69.4 Å². The predicted octanol–water partition coefficient (Wildman–Crippen LogP) is 3.19. The molecule has 0 unspecified atom stereocenters. The summed E-state index contributed by atoms with van der Waals surface area (Å²) in [4.78, 5) is 1.38. The summed E-state index contributed by atoms with van der Waals surface area (Å²) < 4.78 is 3.10. The Morgan fingerprint density at radius 2 is 1.80 bits per heavy atom. The van der Waals surface area contributed by atoms with E-state index in [-0.39, 0.29) is 0 Å². The normalized spacial score (nSPS) is 13.9. The second-order valence-electron chi connectivity index (χ2n) is 1.27. The van der Waals surface area contributed by atoms with Crippen LogP contribution in [0, 0.1) is 0 Å². The van der Waals surface area contributed by atoms with Gasteiger partial charge >= 0.3 is 0 Å². The minimum atomic E-state index is 1.04. The molecule has 62 valence electrons. The molecule has 1 aliphatic heterocycles. The van der Waals surface area contributed by atoms with Crippen molar-refractivity contribution >= 4 is 11.9 Å². The van der Waals surface area contributed by atoms with Crippen molar-refractivity contribution in [3.8, 4) is 0 Å². The molecule has 0 spiro atoms. The minimum Gasteiger partial charge on any atom is -0.256 e. The van der Waals surface area contributed by atoms with Crippen molar-refractivity contribution in [3.05, 3.63) is 11.0 Å². The first kappa shape index (κ1) is 12.7. The smallest absolute Gasteiger partial charge is 0.0253 e. The Morgan fingerprint density at radius 1 is 1.30 bits per heavy atom. The lowest BCUT2D eigenvalue weighted by Crippen LogP contribution is -1.92. The molecule has 1 rings (SSSR count). The van der Waals surface area contributed by atoms with Gasteiger partial charge in [0.1, 0.15) is 0 Å². The molecule has 1 heterocycles. The van der Waals surface area contributed by atoms with E-state index in [1.807, 2.05) is 27.7 Å². The van der Waals surface area contributed by atoms with Crippen molar-refractivity contribution < 1.29 is 0 Å². The van der Waals surface area contributed by atoms with Crippen LogP contribution >= 0.6 is 11.9 Å². The van der Waals surface area contributed by atoms with Gasteiger partial charge < -0.3 is 0 Å². The summed E-state index contributed by atoms with van der Waals surface area (Å²) in [6.45, 7) is 11.1. The minimum absolute atomic E-state index is 1.04. The molecule has 0 bridgehead atoms. The maximum absolute atomic E-state index is 3.10. The van der Waals surface area contributed by atoms with E-state index in [4.69, 9.17) is 0 Å². The van der Waals surface area contributed by atoms with Crippen LogP contribution in [0.5, 0.6) is 0 Å². The number of hydrogen-bond donors (Lipinski definition) is 1. The average Bonchev–Trinajstić information content (AvgIpc) is 2.48. The van der Waals surface area contributed by atoms with Crippen molar-refractivity contribution in [2.24, 2.45) is 0 Å². The van der Waals surface area contributed by atoms with Crippen LogP contribution in [0.4, 0.5) is 0 Å². The molecule has 0 aliphatic carbocycles. The number of allylic oxidation sites excluding steroid dienone is 1. The fourth-order valence-corrected chi connectivity index (χ4v) is 0.944. The molecule has 0 radical (unpaired) electrons. The summed E-state index contributed by atoms with van der Waals surface area (Å²) >= 11 is 1.71. The van der Waals surface area contributed by atoms with E-state index in [0.717, 1.165) is 6.54 Å². The van der Waals surface area contributed by atoms with E-state index >= 15 is 0 Å². The third kappa shape index (κ3) is 8.05. The molecule has 0 aromatic heterocycles. The molecule has 0 aromatic carbocycles. The van der Waals surface area contributed by atoms with E-state index in [9.17, 15) is 0 Å². The van der Waals surface area contributed by atoms with Crippen LogP contribution in [0.1, 0.15) is 34.6 Å². The van der Waals surface area contributed by atoms with Gasteiger partial charge in [0.05, 0.1) is 0 Å². The number of hydrogen-bond acceptors (Lipinski definition) is 2. The molecule has 1 nitrogen and oxygen atoms in total. The first-order valence-electron chi connectivity index (χ1n) is 3.96. The van der Waals surface area contributed by atoms with Crippen molar-refractivity contribution in [3.63, 3.8) is 0 Å². The molecule has 1 aliphatic rings. The van der Waals surface area contributed by atoms with E-state index in [0.29, 0.717) is 0 Å². The van der Waals surface area contributed by atoms with Gasteiger partial charge in [-0.3, -0.25) is 4.72 Å². The molecule has 0 saturated carbocycles. The van der Waals surface area contributed by atoms with Crippen LogP contribution in [0.15, 0.2) is 11.0 Å². The standard InChI is InChI=1S/C4H7NS.2C2H6/c1-4-2-3-5-6-4;2*1-2/h2,5H,3H2,1H3;2*1-2H3. The summed E-state index contributed by atoms with van der Waals surface area (Å²) in [5.41, 5.74) is 0. The van der Waals surface area contributed by atoms with Gasteiger partial charge in [0, 0.05) is 6.54 Å².